The van der Waals surface area contributed by atoms with E-state index in [2.05, 4.69) is 33.1 Å². The number of unbranched alkanes of at least 4 members (excludes halogenated alkanes) is 1. The summed E-state index contributed by atoms with van der Waals surface area (Å²) < 4.78 is 0. The van der Waals surface area contributed by atoms with Crippen LogP contribution in [0, 0.1) is 17.8 Å². The van der Waals surface area contributed by atoms with Crippen LogP contribution in [-0.4, -0.2) is 13.1 Å². The van der Waals surface area contributed by atoms with Crippen LogP contribution in [0.3, 0.4) is 0 Å². The fourth-order valence-corrected chi connectivity index (χ4v) is 3.50. The highest BCUT2D eigenvalue weighted by atomic mass is 14.9. The van der Waals surface area contributed by atoms with Gasteiger partial charge in [-0.25, -0.2) is 0 Å². The largest absolute Gasteiger partial charge is 0.317 e. The first-order valence-electron chi connectivity index (χ1n) is 7.88. The van der Waals surface area contributed by atoms with Gasteiger partial charge in [0.1, 0.15) is 0 Å². The first kappa shape index (κ1) is 15.0. The van der Waals surface area contributed by atoms with Crippen LogP contribution in [0.25, 0.3) is 0 Å². The summed E-state index contributed by atoms with van der Waals surface area (Å²) in [5, 5.41) is 3.61. The number of hydrogen-bond donors (Lipinski definition) is 1. The molecule has 4 atom stereocenters. The highest BCUT2D eigenvalue weighted by Crippen LogP contribution is 2.35. The summed E-state index contributed by atoms with van der Waals surface area (Å²) >= 11 is 0. The van der Waals surface area contributed by atoms with E-state index in [4.69, 9.17) is 0 Å². The van der Waals surface area contributed by atoms with Gasteiger partial charge in [0.2, 0.25) is 0 Å². The summed E-state index contributed by atoms with van der Waals surface area (Å²) in [6, 6.07) is 0.779. The molecule has 0 spiro atoms. The van der Waals surface area contributed by atoms with Gasteiger partial charge in [-0.2, -0.15) is 0 Å². The average molecular weight is 239 g/mol. The van der Waals surface area contributed by atoms with Crippen molar-refractivity contribution in [2.24, 2.45) is 17.8 Å². The van der Waals surface area contributed by atoms with Crippen molar-refractivity contribution < 1.29 is 0 Å². The lowest BCUT2D eigenvalue weighted by molar-refractivity contribution is 0.285. The second-order valence-corrected chi connectivity index (χ2v) is 6.23. The minimum Gasteiger partial charge on any atom is -0.317 e. The Morgan fingerprint density at radius 1 is 1.24 bits per heavy atom. The molecule has 0 aromatic heterocycles. The van der Waals surface area contributed by atoms with Gasteiger partial charge in [-0.1, -0.05) is 52.9 Å². The lowest BCUT2D eigenvalue weighted by atomic mass is 9.85. The minimum atomic E-state index is 0.779. The van der Waals surface area contributed by atoms with Gasteiger partial charge in [0.05, 0.1) is 0 Å². The minimum absolute atomic E-state index is 0.779. The molecule has 17 heavy (non-hydrogen) atoms. The van der Waals surface area contributed by atoms with Gasteiger partial charge in [0.25, 0.3) is 0 Å². The summed E-state index contributed by atoms with van der Waals surface area (Å²) in [6.45, 7) is 7.09. The molecule has 102 valence electrons. The van der Waals surface area contributed by atoms with Gasteiger partial charge in [0.15, 0.2) is 0 Å². The van der Waals surface area contributed by atoms with Crippen molar-refractivity contribution in [3.05, 3.63) is 0 Å². The molecule has 1 saturated carbocycles. The second-order valence-electron chi connectivity index (χ2n) is 6.23. The van der Waals surface area contributed by atoms with E-state index < -0.39 is 0 Å². The Morgan fingerprint density at radius 3 is 2.47 bits per heavy atom. The van der Waals surface area contributed by atoms with E-state index in [9.17, 15) is 0 Å². The Labute approximate surface area is 109 Å². The molecule has 0 amide bonds. The summed E-state index contributed by atoms with van der Waals surface area (Å²) in [5.41, 5.74) is 0. The van der Waals surface area contributed by atoms with Crippen molar-refractivity contribution in [1.29, 1.82) is 0 Å². The first-order valence-corrected chi connectivity index (χ1v) is 7.88. The molecule has 1 N–H and O–H groups in total. The fraction of sp³-hybridized carbons (Fsp3) is 1.00. The third-order valence-electron chi connectivity index (χ3n) is 4.81. The number of nitrogens with one attached hydrogen (secondary N) is 1. The van der Waals surface area contributed by atoms with Crippen molar-refractivity contribution in [3.63, 3.8) is 0 Å². The molecule has 1 nitrogen and oxygen atoms in total. The first-order chi connectivity index (χ1) is 8.21. The van der Waals surface area contributed by atoms with Gasteiger partial charge in [-0.05, 0) is 44.1 Å². The zero-order valence-corrected chi connectivity index (χ0v) is 12.5. The van der Waals surface area contributed by atoms with Crippen molar-refractivity contribution in [2.45, 2.75) is 78.2 Å². The van der Waals surface area contributed by atoms with Gasteiger partial charge < -0.3 is 5.32 Å². The maximum atomic E-state index is 3.61. The molecule has 1 heteroatoms. The lowest BCUT2D eigenvalue weighted by Crippen LogP contribution is -2.34. The number of hydrogen-bond acceptors (Lipinski definition) is 1. The Morgan fingerprint density at radius 2 is 2.00 bits per heavy atom. The van der Waals surface area contributed by atoms with Crippen LogP contribution in [0.5, 0.6) is 0 Å². The second kappa shape index (κ2) is 8.13. The van der Waals surface area contributed by atoms with Gasteiger partial charge in [-0.15, -0.1) is 0 Å². The highest BCUT2D eigenvalue weighted by molar-refractivity contribution is 4.84. The Kier molecular flexibility index (Phi) is 7.18. The van der Waals surface area contributed by atoms with Crippen LogP contribution >= 0.6 is 0 Å². The standard InChI is InChI=1S/C16H33N/c1-5-7-8-14(6-2)12-16(17-4)15-10-9-13(3)11-15/h13-17H,5-12H2,1-4H3. The third-order valence-corrected chi connectivity index (χ3v) is 4.81. The van der Waals surface area contributed by atoms with Crippen LogP contribution in [-0.2, 0) is 0 Å². The molecule has 1 aliphatic carbocycles. The SMILES string of the molecule is CCCCC(CC)CC(NC)C1CCC(C)C1. The summed E-state index contributed by atoms with van der Waals surface area (Å²) in [6.07, 6.45) is 11.3. The Hall–Kier alpha value is -0.0400. The third kappa shape index (κ3) is 4.99. The van der Waals surface area contributed by atoms with Crippen molar-refractivity contribution in [1.82, 2.24) is 5.32 Å². The van der Waals surface area contributed by atoms with Crippen LogP contribution in [0.15, 0.2) is 0 Å². The lowest BCUT2D eigenvalue weighted by Gasteiger charge is -2.27. The van der Waals surface area contributed by atoms with E-state index >= 15 is 0 Å². The molecule has 0 aliphatic heterocycles. The molecule has 0 saturated heterocycles. The molecule has 0 radical (unpaired) electrons. The smallest absolute Gasteiger partial charge is 0.00950 e. The van der Waals surface area contributed by atoms with Crippen molar-refractivity contribution in [2.75, 3.05) is 7.05 Å². The van der Waals surface area contributed by atoms with E-state index in [-0.39, 0.29) is 0 Å². The quantitative estimate of drug-likeness (QED) is 0.652. The van der Waals surface area contributed by atoms with Crippen molar-refractivity contribution >= 4 is 0 Å². The van der Waals surface area contributed by atoms with Crippen LogP contribution < -0.4 is 5.32 Å². The van der Waals surface area contributed by atoms with Crippen LogP contribution in [0.1, 0.15) is 72.1 Å². The van der Waals surface area contributed by atoms with E-state index in [0.717, 1.165) is 23.8 Å². The normalized spacial score (nSPS) is 28.2. The van der Waals surface area contributed by atoms with Crippen LogP contribution in [0.2, 0.25) is 0 Å². The molecule has 1 aliphatic rings. The van der Waals surface area contributed by atoms with E-state index in [0.29, 0.717) is 0 Å². The maximum Gasteiger partial charge on any atom is 0.00950 e. The zero-order chi connectivity index (χ0) is 12.7. The molecule has 0 heterocycles. The fourth-order valence-electron chi connectivity index (χ4n) is 3.50. The van der Waals surface area contributed by atoms with E-state index in [1.165, 1.54) is 51.4 Å². The molecule has 1 fully saturated rings. The van der Waals surface area contributed by atoms with Gasteiger partial charge in [0, 0.05) is 6.04 Å². The molecular weight excluding hydrogens is 206 g/mol. The van der Waals surface area contributed by atoms with Crippen LogP contribution in [0.4, 0.5) is 0 Å². The molecule has 0 aromatic carbocycles. The predicted molar refractivity (Wildman–Crippen MR) is 77.3 cm³/mol. The van der Waals surface area contributed by atoms with E-state index in [1.807, 2.05) is 0 Å². The maximum absolute atomic E-state index is 3.61. The highest BCUT2D eigenvalue weighted by Gasteiger charge is 2.28. The predicted octanol–water partition coefficient (Wildman–Crippen LogP) is 4.62. The van der Waals surface area contributed by atoms with Gasteiger partial charge >= 0.3 is 0 Å². The van der Waals surface area contributed by atoms with E-state index in [1.54, 1.807) is 0 Å². The summed E-state index contributed by atoms with van der Waals surface area (Å²) in [4.78, 5) is 0. The molecule has 0 bridgehead atoms. The molecule has 1 rings (SSSR count). The Bertz CT molecular complexity index is 190. The Balaban J connectivity index is 2.38. The summed E-state index contributed by atoms with van der Waals surface area (Å²) in [5.74, 6) is 2.86. The molecule has 0 aromatic rings. The molecular formula is C16H33N. The van der Waals surface area contributed by atoms with Crippen molar-refractivity contribution in [3.8, 4) is 0 Å². The van der Waals surface area contributed by atoms with Gasteiger partial charge in [-0.3, -0.25) is 0 Å². The summed E-state index contributed by atoms with van der Waals surface area (Å²) in [7, 11) is 2.17. The number of rotatable bonds is 8. The molecule has 4 unspecified atom stereocenters. The zero-order valence-electron chi connectivity index (χ0n) is 12.5. The monoisotopic (exact) mass is 239 g/mol. The average Bonchev–Trinajstić information content (AvgIpc) is 2.76. The topological polar surface area (TPSA) is 12.0 Å².